The van der Waals surface area contributed by atoms with Gasteiger partial charge < -0.3 is 5.32 Å². The predicted octanol–water partition coefficient (Wildman–Crippen LogP) is 2.63. The van der Waals surface area contributed by atoms with Gasteiger partial charge in [-0.2, -0.15) is 0 Å². The number of hydrogen-bond acceptors (Lipinski definition) is 3. The third-order valence-corrected chi connectivity index (χ3v) is 3.22. The second-order valence-electron chi connectivity index (χ2n) is 5.40. The van der Waals surface area contributed by atoms with E-state index in [1.807, 2.05) is 10.9 Å². The van der Waals surface area contributed by atoms with Crippen LogP contribution in [-0.2, 0) is 6.54 Å². The monoisotopic (exact) mass is 258 g/mol. The Bertz CT molecular complexity index is 543. The molecule has 4 heteroatoms. The van der Waals surface area contributed by atoms with Gasteiger partial charge in [-0.25, -0.2) is 4.68 Å². The van der Waals surface area contributed by atoms with Gasteiger partial charge in [0.25, 0.3) is 0 Å². The van der Waals surface area contributed by atoms with E-state index in [0.29, 0.717) is 5.92 Å². The van der Waals surface area contributed by atoms with Gasteiger partial charge in [0.1, 0.15) is 0 Å². The molecule has 0 aliphatic rings. The van der Waals surface area contributed by atoms with Crippen LogP contribution < -0.4 is 5.32 Å². The molecule has 0 aliphatic carbocycles. The molecule has 0 amide bonds. The highest BCUT2D eigenvalue weighted by Gasteiger charge is 2.06. The molecule has 0 radical (unpaired) electrons. The van der Waals surface area contributed by atoms with Crippen molar-refractivity contribution in [2.45, 2.75) is 34.2 Å². The fraction of sp³-hybridized carbons (Fsp3) is 0.467. The molecular formula is C15H22N4. The first-order chi connectivity index (χ1) is 9.08. The number of nitrogens with zero attached hydrogens (tertiary/aromatic N) is 3. The van der Waals surface area contributed by atoms with Crippen molar-refractivity contribution in [1.29, 1.82) is 0 Å². The first-order valence-corrected chi connectivity index (χ1v) is 6.76. The van der Waals surface area contributed by atoms with Gasteiger partial charge in [-0.3, -0.25) is 0 Å². The highest BCUT2D eigenvalue weighted by molar-refractivity contribution is 5.43. The van der Waals surface area contributed by atoms with E-state index in [-0.39, 0.29) is 0 Å². The number of aromatic nitrogens is 3. The van der Waals surface area contributed by atoms with Crippen LogP contribution in [-0.4, -0.2) is 21.5 Å². The van der Waals surface area contributed by atoms with Crippen molar-refractivity contribution in [1.82, 2.24) is 20.3 Å². The minimum absolute atomic E-state index is 0.647. The number of aryl methyl sites for hydroxylation is 1. The number of hydrogen-bond donors (Lipinski definition) is 1. The smallest absolute Gasteiger partial charge is 0.0969 e. The topological polar surface area (TPSA) is 42.7 Å². The molecule has 0 saturated carbocycles. The first-order valence-electron chi connectivity index (χ1n) is 6.76. The van der Waals surface area contributed by atoms with Crippen LogP contribution in [0.15, 0.2) is 24.4 Å². The summed E-state index contributed by atoms with van der Waals surface area (Å²) in [5, 5.41) is 11.8. The maximum Gasteiger partial charge on any atom is 0.0969 e. The summed E-state index contributed by atoms with van der Waals surface area (Å²) in [5.74, 6) is 0.647. The van der Waals surface area contributed by atoms with Crippen molar-refractivity contribution in [3.05, 3.63) is 41.2 Å². The first kappa shape index (κ1) is 13.7. The van der Waals surface area contributed by atoms with E-state index in [0.717, 1.165) is 24.5 Å². The van der Waals surface area contributed by atoms with Gasteiger partial charge in [0.15, 0.2) is 0 Å². The Labute approximate surface area is 114 Å². The summed E-state index contributed by atoms with van der Waals surface area (Å²) in [7, 11) is 0. The van der Waals surface area contributed by atoms with Crippen LogP contribution in [0.4, 0.5) is 0 Å². The number of benzene rings is 1. The molecule has 2 aromatic rings. The van der Waals surface area contributed by atoms with Gasteiger partial charge in [0.05, 0.1) is 17.6 Å². The normalized spacial score (nSPS) is 11.2. The largest absolute Gasteiger partial charge is 0.311 e. The van der Waals surface area contributed by atoms with Gasteiger partial charge >= 0.3 is 0 Å². The fourth-order valence-corrected chi connectivity index (χ4v) is 1.97. The van der Waals surface area contributed by atoms with Gasteiger partial charge in [-0.1, -0.05) is 31.2 Å². The summed E-state index contributed by atoms with van der Waals surface area (Å²) in [5.41, 5.74) is 4.59. The Morgan fingerprint density at radius 3 is 2.79 bits per heavy atom. The minimum atomic E-state index is 0.647. The summed E-state index contributed by atoms with van der Waals surface area (Å²) in [4.78, 5) is 0. The van der Waals surface area contributed by atoms with Crippen molar-refractivity contribution in [2.24, 2.45) is 5.92 Å². The van der Waals surface area contributed by atoms with Gasteiger partial charge in [-0.05, 0) is 43.5 Å². The molecule has 1 aromatic heterocycles. The lowest BCUT2D eigenvalue weighted by molar-refractivity contribution is 0.548. The van der Waals surface area contributed by atoms with E-state index in [1.165, 1.54) is 11.1 Å². The Morgan fingerprint density at radius 2 is 2.05 bits per heavy atom. The van der Waals surface area contributed by atoms with Crippen molar-refractivity contribution < 1.29 is 0 Å². The maximum absolute atomic E-state index is 4.21. The van der Waals surface area contributed by atoms with E-state index >= 15 is 0 Å². The molecule has 1 aromatic carbocycles. The third kappa shape index (κ3) is 3.41. The van der Waals surface area contributed by atoms with E-state index in [9.17, 15) is 0 Å². The van der Waals surface area contributed by atoms with E-state index in [2.05, 4.69) is 61.5 Å². The highest BCUT2D eigenvalue weighted by atomic mass is 15.4. The Hall–Kier alpha value is -1.68. The van der Waals surface area contributed by atoms with Crippen molar-refractivity contribution in [3.8, 4) is 5.69 Å². The van der Waals surface area contributed by atoms with Crippen LogP contribution in [0.5, 0.6) is 0 Å². The zero-order chi connectivity index (χ0) is 13.8. The molecule has 1 heterocycles. The number of rotatable bonds is 5. The van der Waals surface area contributed by atoms with Crippen LogP contribution in [0.25, 0.3) is 5.69 Å². The average Bonchev–Trinajstić information content (AvgIpc) is 2.81. The maximum atomic E-state index is 4.21. The molecule has 0 aliphatic heterocycles. The molecule has 0 spiro atoms. The fourth-order valence-electron chi connectivity index (χ4n) is 1.97. The molecule has 4 nitrogen and oxygen atoms in total. The molecule has 0 fully saturated rings. The predicted molar refractivity (Wildman–Crippen MR) is 77.4 cm³/mol. The quantitative estimate of drug-likeness (QED) is 0.896. The van der Waals surface area contributed by atoms with Crippen molar-refractivity contribution in [2.75, 3.05) is 6.54 Å². The second kappa shape index (κ2) is 5.97. The van der Waals surface area contributed by atoms with Crippen molar-refractivity contribution in [3.63, 3.8) is 0 Å². The summed E-state index contributed by atoms with van der Waals surface area (Å²) in [6.45, 7) is 10.4. The summed E-state index contributed by atoms with van der Waals surface area (Å²) >= 11 is 0. The summed E-state index contributed by atoms with van der Waals surface area (Å²) < 4.78 is 1.86. The molecular weight excluding hydrogens is 236 g/mol. The minimum Gasteiger partial charge on any atom is -0.311 e. The summed E-state index contributed by atoms with van der Waals surface area (Å²) in [6.07, 6.45) is 2.00. The zero-order valence-electron chi connectivity index (χ0n) is 12.1. The van der Waals surface area contributed by atoms with E-state index < -0.39 is 0 Å². The number of nitrogens with one attached hydrogen (secondary N) is 1. The van der Waals surface area contributed by atoms with Crippen LogP contribution in [0.3, 0.4) is 0 Å². The van der Waals surface area contributed by atoms with E-state index in [4.69, 9.17) is 0 Å². The van der Waals surface area contributed by atoms with Crippen LogP contribution in [0.2, 0.25) is 0 Å². The van der Waals surface area contributed by atoms with Gasteiger partial charge in [0, 0.05) is 6.54 Å². The molecule has 19 heavy (non-hydrogen) atoms. The van der Waals surface area contributed by atoms with Crippen molar-refractivity contribution >= 4 is 0 Å². The molecule has 102 valence electrons. The third-order valence-electron chi connectivity index (χ3n) is 3.22. The molecule has 1 N–H and O–H groups in total. The lowest BCUT2D eigenvalue weighted by Crippen LogP contribution is -2.19. The highest BCUT2D eigenvalue weighted by Crippen LogP contribution is 2.16. The SMILES string of the molecule is Cc1cccc(-n2cc(CNCC(C)C)nn2)c1C. The molecule has 0 atom stereocenters. The Balaban J connectivity index is 2.10. The second-order valence-corrected chi connectivity index (χ2v) is 5.40. The standard InChI is InChI=1S/C15H22N4/c1-11(2)8-16-9-14-10-19(18-17-14)15-7-5-6-12(3)13(15)4/h5-7,10-11,16H,8-9H2,1-4H3. The van der Waals surface area contributed by atoms with Crippen LogP contribution >= 0.6 is 0 Å². The summed E-state index contributed by atoms with van der Waals surface area (Å²) in [6, 6.07) is 6.24. The molecule has 0 saturated heterocycles. The van der Waals surface area contributed by atoms with Crippen LogP contribution in [0, 0.1) is 19.8 Å². The lowest BCUT2D eigenvalue weighted by Gasteiger charge is -2.07. The molecule has 0 unspecified atom stereocenters. The average molecular weight is 258 g/mol. The Morgan fingerprint density at radius 1 is 1.26 bits per heavy atom. The van der Waals surface area contributed by atoms with E-state index in [1.54, 1.807) is 0 Å². The van der Waals surface area contributed by atoms with Crippen LogP contribution in [0.1, 0.15) is 30.7 Å². The van der Waals surface area contributed by atoms with Gasteiger partial charge in [-0.15, -0.1) is 5.10 Å². The lowest BCUT2D eigenvalue weighted by atomic mass is 10.1. The molecule has 2 rings (SSSR count). The zero-order valence-corrected chi connectivity index (χ0v) is 12.1. The van der Waals surface area contributed by atoms with Gasteiger partial charge in [0.2, 0.25) is 0 Å². The molecule has 0 bridgehead atoms. The Kier molecular flexibility index (Phi) is 4.32.